The van der Waals surface area contributed by atoms with Crippen molar-refractivity contribution in [2.45, 2.75) is 25.4 Å². The first-order valence-electron chi connectivity index (χ1n) is 9.60. The normalized spacial score (nSPS) is 19.9. The molecule has 0 saturated carbocycles. The van der Waals surface area contributed by atoms with Crippen LogP contribution in [0.25, 0.3) is 0 Å². The van der Waals surface area contributed by atoms with Crippen molar-refractivity contribution in [1.82, 2.24) is 5.01 Å². The van der Waals surface area contributed by atoms with E-state index in [1.165, 1.54) is 12.1 Å². The highest BCUT2D eigenvalue weighted by Crippen LogP contribution is 2.32. The minimum Gasteiger partial charge on any atom is -0.497 e. The van der Waals surface area contributed by atoms with Gasteiger partial charge in [0.2, 0.25) is 5.91 Å². The number of ether oxygens (including phenoxy) is 1. The summed E-state index contributed by atoms with van der Waals surface area (Å²) in [6.07, 6.45) is 0.909. The number of aryl methyl sites for hydroxylation is 1. The maximum Gasteiger partial charge on any atom is 0.263 e. The van der Waals surface area contributed by atoms with Crippen LogP contribution in [0.15, 0.2) is 58.9 Å². The van der Waals surface area contributed by atoms with Gasteiger partial charge in [0.1, 0.15) is 12.3 Å². The average molecular weight is 407 g/mol. The summed E-state index contributed by atoms with van der Waals surface area (Å²) in [6.45, 7) is 1.87. The zero-order valence-electron chi connectivity index (χ0n) is 16.6. The Hall–Kier alpha value is -3.75. The van der Waals surface area contributed by atoms with E-state index in [1.807, 2.05) is 24.3 Å². The highest BCUT2D eigenvalue weighted by atomic mass is 16.5. The first-order valence-corrected chi connectivity index (χ1v) is 9.60. The van der Waals surface area contributed by atoms with Gasteiger partial charge in [-0.2, -0.15) is 5.11 Å². The first kappa shape index (κ1) is 19.6. The Morgan fingerprint density at radius 3 is 2.40 bits per heavy atom. The molecule has 0 spiro atoms. The van der Waals surface area contributed by atoms with Crippen LogP contribution in [0.3, 0.4) is 0 Å². The molecule has 2 aromatic carbocycles. The minimum atomic E-state index is -0.948. The van der Waals surface area contributed by atoms with Crippen molar-refractivity contribution in [3.63, 3.8) is 0 Å². The van der Waals surface area contributed by atoms with Gasteiger partial charge in [-0.25, -0.2) is 4.90 Å². The van der Waals surface area contributed by atoms with Crippen molar-refractivity contribution >= 4 is 29.1 Å². The molecule has 9 nitrogen and oxygen atoms in total. The van der Waals surface area contributed by atoms with Gasteiger partial charge in [-0.3, -0.25) is 19.4 Å². The summed E-state index contributed by atoms with van der Waals surface area (Å²) in [5.74, 6) is -0.651. The fourth-order valence-electron chi connectivity index (χ4n) is 3.51. The van der Waals surface area contributed by atoms with E-state index >= 15 is 0 Å². The smallest absolute Gasteiger partial charge is 0.263 e. The molecule has 1 saturated heterocycles. The zero-order valence-corrected chi connectivity index (χ0v) is 16.6. The Kier molecular flexibility index (Phi) is 5.18. The van der Waals surface area contributed by atoms with Crippen molar-refractivity contribution in [3.8, 4) is 5.75 Å². The molecule has 0 radical (unpaired) electrons. The van der Waals surface area contributed by atoms with E-state index < -0.39 is 23.9 Å². The number of amides is 3. The number of hydrogen-bond donors (Lipinski definition) is 1. The van der Waals surface area contributed by atoms with E-state index in [0.717, 1.165) is 16.9 Å². The molecule has 154 valence electrons. The molecule has 4 rings (SSSR count). The van der Waals surface area contributed by atoms with Crippen LogP contribution in [-0.2, 0) is 20.8 Å². The van der Waals surface area contributed by atoms with E-state index in [1.54, 1.807) is 24.3 Å². The molecule has 9 heteroatoms. The third-order valence-electron chi connectivity index (χ3n) is 5.14. The first-order chi connectivity index (χ1) is 14.5. The Labute approximate surface area is 173 Å². The van der Waals surface area contributed by atoms with Gasteiger partial charge in [0.05, 0.1) is 12.8 Å². The largest absolute Gasteiger partial charge is 0.497 e. The maximum absolute atomic E-state index is 13.0. The Morgan fingerprint density at radius 1 is 1.07 bits per heavy atom. The lowest BCUT2D eigenvalue weighted by molar-refractivity contribution is -0.123. The maximum atomic E-state index is 13.0. The van der Waals surface area contributed by atoms with Crippen molar-refractivity contribution in [2.24, 2.45) is 10.3 Å². The third-order valence-corrected chi connectivity index (χ3v) is 5.14. The van der Waals surface area contributed by atoms with Gasteiger partial charge in [-0.05, 0) is 48.4 Å². The van der Waals surface area contributed by atoms with Gasteiger partial charge in [0, 0.05) is 5.69 Å². The van der Waals surface area contributed by atoms with E-state index in [2.05, 4.69) is 22.6 Å². The summed E-state index contributed by atoms with van der Waals surface area (Å²) in [4.78, 5) is 39.2. The molecule has 2 atom stereocenters. The quantitative estimate of drug-likeness (QED) is 0.740. The van der Waals surface area contributed by atoms with Gasteiger partial charge in [0.25, 0.3) is 11.8 Å². The molecule has 3 amide bonds. The molecule has 1 fully saturated rings. The van der Waals surface area contributed by atoms with E-state index in [0.29, 0.717) is 17.1 Å². The van der Waals surface area contributed by atoms with Crippen molar-refractivity contribution in [3.05, 3.63) is 54.1 Å². The fraction of sp³-hybridized carbons (Fsp3) is 0.286. The number of carbonyl (C=O) groups excluding carboxylic acids is 3. The predicted molar refractivity (Wildman–Crippen MR) is 109 cm³/mol. The number of nitrogens with one attached hydrogen (secondary N) is 1. The Balaban J connectivity index is 1.45. The summed E-state index contributed by atoms with van der Waals surface area (Å²) in [5.41, 5.74) is 2.24. The highest BCUT2D eigenvalue weighted by Gasteiger charge is 2.55. The second-order valence-electron chi connectivity index (χ2n) is 7.00. The number of methoxy groups -OCH3 is 1. The van der Waals surface area contributed by atoms with Crippen molar-refractivity contribution < 1.29 is 19.1 Å². The summed E-state index contributed by atoms with van der Waals surface area (Å²) >= 11 is 0. The minimum absolute atomic E-state index is 0.185. The van der Waals surface area contributed by atoms with Crippen LogP contribution in [-0.4, -0.2) is 48.5 Å². The van der Waals surface area contributed by atoms with Crippen LogP contribution in [0, 0.1) is 0 Å². The number of rotatable bonds is 6. The lowest BCUT2D eigenvalue weighted by Crippen LogP contribution is -2.43. The molecule has 2 aliphatic heterocycles. The van der Waals surface area contributed by atoms with Crippen LogP contribution in [0.5, 0.6) is 5.75 Å². The SMILES string of the molecule is CCc1ccc(NC(=O)CN2N=NC3C(=O)N(c4ccc(OC)cc4)C(=O)C32)cc1. The monoisotopic (exact) mass is 407 g/mol. The van der Waals surface area contributed by atoms with Crippen LogP contribution < -0.4 is 15.0 Å². The number of carbonyl (C=O) groups is 3. The van der Waals surface area contributed by atoms with Crippen molar-refractivity contribution in [2.75, 3.05) is 23.9 Å². The van der Waals surface area contributed by atoms with Gasteiger partial charge >= 0.3 is 0 Å². The number of benzene rings is 2. The van der Waals surface area contributed by atoms with Gasteiger partial charge in [-0.1, -0.05) is 24.3 Å². The Bertz CT molecular complexity index is 1000. The lowest BCUT2D eigenvalue weighted by atomic mass is 10.1. The molecular formula is C21H21N5O4. The summed E-state index contributed by atoms with van der Waals surface area (Å²) in [6, 6.07) is 12.2. The Morgan fingerprint density at radius 2 is 1.77 bits per heavy atom. The van der Waals surface area contributed by atoms with Crippen LogP contribution in [0.1, 0.15) is 12.5 Å². The predicted octanol–water partition coefficient (Wildman–Crippen LogP) is 2.19. The van der Waals surface area contributed by atoms with E-state index in [-0.39, 0.29) is 12.5 Å². The zero-order chi connectivity index (χ0) is 21.3. The molecule has 2 unspecified atom stereocenters. The molecule has 1 N–H and O–H groups in total. The number of imide groups is 1. The van der Waals surface area contributed by atoms with Gasteiger partial charge in [-0.15, -0.1) is 0 Å². The molecule has 2 heterocycles. The molecule has 0 aliphatic carbocycles. The summed E-state index contributed by atoms with van der Waals surface area (Å²) in [7, 11) is 1.53. The fourth-order valence-corrected chi connectivity index (χ4v) is 3.51. The molecule has 0 aromatic heterocycles. The number of fused-ring (bicyclic) bond motifs is 1. The average Bonchev–Trinajstić information content (AvgIpc) is 3.28. The van der Waals surface area contributed by atoms with Crippen LogP contribution in [0.4, 0.5) is 11.4 Å². The van der Waals surface area contributed by atoms with Crippen LogP contribution in [0.2, 0.25) is 0 Å². The van der Waals surface area contributed by atoms with Crippen LogP contribution >= 0.6 is 0 Å². The standard InChI is InChI=1S/C21H21N5O4/c1-3-13-4-6-14(7-5-13)22-17(27)12-25-19-18(23-24-25)20(28)26(21(19)29)15-8-10-16(30-2)11-9-15/h4-11,18-19H,3,12H2,1-2H3,(H,22,27). The van der Waals surface area contributed by atoms with Gasteiger partial charge in [0.15, 0.2) is 12.1 Å². The molecular weight excluding hydrogens is 386 g/mol. The second-order valence-corrected chi connectivity index (χ2v) is 7.00. The molecule has 0 bridgehead atoms. The molecule has 2 aromatic rings. The summed E-state index contributed by atoms with van der Waals surface area (Å²) < 4.78 is 5.11. The van der Waals surface area contributed by atoms with Crippen molar-refractivity contribution in [1.29, 1.82) is 0 Å². The molecule has 2 aliphatic rings. The number of hydrogen-bond acceptors (Lipinski definition) is 7. The number of anilines is 2. The second kappa shape index (κ2) is 7.94. The lowest BCUT2D eigenvalue weighted by Gasteiger charge is -2.20. The third kappa shape index (κ3) is 3.49. The van der Waals surface area contributed by atoms with Gasteiger partial charge < -0.3 is 10.1 Å². The highest BCUT2D eigenvalue weighted by molar-refractivity contribution is 6.25. The van der Waals surface area contributed by atoms with E-state index in [9.17, 15) is 14.4 Å². The molecule has 30 heavy (non-hydrogen) atoms. The van der Waals surface area contributed by atoms with E-state index in [4.69, 9.17) is 4.74 Å². The topological polar surface area (TPSA) is 104 Å². The number of nitrogens with zero attached hydrogens (tertiary/aromatic N) is 4. The summed E-state index contributed by atoms with van der Waals surface area (Å²) in [5, 5.41) is 11.9.